The summed E-state index contributed by atoms with van der Waals surface area (Å²) in [7, 11) is 0. The minimum Gasteiger partial charge on any atom is -0.306 e. The Labute approximate surface area is 133 Å². The van der Waals surface area contributed by atoms with Gasteiger partial charge >= 0.3 is 0 Å². The molecule has 0 amide bonds. The number of hydrogen-bond donors (Lipinski definition) is 1. The zero-order valence-corrected chi connectivity index (χ0v) is 14.5. The van der Waals surface area contributed by atoms with E-state index in [4.69, 9.17) is 11.6 Å². The summed E-state index contributed by atoms with van der Waals surface area (Å²) in [5.41, 5.74) is 1.17. The fraction of sp³-hybridized carbons (Fsp3) is 0.231. The van der Waals surface area contributed by atoms with Gasteiger partial charge in [-0.05, 0) is 67.5 Å². The molecule has 0 bridgehead atoms. The van der Waals surface area contributed by atoms with Gasteiger partial charge in [0, 0.05) is 13.8 Å². The quantitative estimate of drug-likeness (QED) is 0.690. The second-order valence-corrected chi connectivity index (χ2v) is 6.86. The van der Waals surface area contributed by atoms with Crippen molar-refractivity contribution in [1.82, 2.24) is 5.32 Å². The van der Waals surface area contributed by atoms with E-state index >= 15 is 0 Å². The van der Waals surface area contributed by atoms with E-state index in [0.717, 1.165) is 20.5 Å². The van der Waals surface area contributed by atoms with Crippen LogP contribution in [0.25, 0.3) is 0 Å². The number of hydrogen-bond acceptors (Lipinski definition) is 2. The van der Waals surface area contributed by atoms with Crippen LogP contribution in [-0.2, 0) is 0 Å². The molecule has 1 nitrogen and oxygen atoms in total. The molecule has 96 valence electrons. The van der Waals surface area contributed by atoms with Crippen molar-refractivity contribution in [3.05, 3.63) is 54.1 Å². The summed E-state index contributed by atoms with van der Waals surface area (Å²) in [6, 6.07) is 8.34. The Bertz CT molecular complexity index is 542. The highest BCUT2D eigenvalue weighted by Crippen LogP contribution is 2.35. The topological polar surface area (TPSA) is 12.0 Å². The van der Waals surface area contributed by atoms with E-state index in [1.807, 2.05) is 12.1 Å². The Kier molecular flexibility index (Phi) is 5.27. The summed E-state index contributed by atoms with van der Waals surface area (Å²) >= 11 is 14.9. The molecule has 0 aliphatic carbocycles. The second-order valence-electron chi connectivity index (χ2n) is 3.80. The van der Waals surface area contributed by atoms with Crippen molar-refractivity contribution in [2.24, 2.45) is 0 Å². The van der Waals surface area contributed by atoms with Crippen molar-refractivity contribution in [1.29, 1.82) is 0 Å². The first kappa shape index (κ1) is 14.5. The summed E-state index contributed by atoms with van der Waals surface area (Å²) in [4.78, 5) is 1.27. The summed E-state index contributed by atoms with van der Waals surface area (Å²) in [6.07, 6.45) is 0. The maximum absolute atomic E-state index is 6.18. The van der Waals surface area contributed by atoms with Crippen LogP contribution in [0.5, 0.6) is 0 Å². The Morgan fingerprint density at radius 3 is 2.61 bits per heavy atom. The fourth-order valence-electron chi connectivity index (χ4n) is 1.77. The Balaban J connectivity index is 2.41. The predicted molar refractivity (Wildman–Crippen MR) is 86.7 cm³/mol. The van der Waals surface area contributed by atoms with Crippen molar-refractivity contribution in [3.8, 4) is 0 Å². The number of thiophene rings is 1. The van der Waals surface area contributed by atoms with Crippen LogP contribution in [0.15, 0.2) is 38.6 Å². The minimum absolute atomic E-state index is 0.176. The molecule has 0 spiro atoms. The third-order valence-electron chi connectivity index (χ3n) is 2.59. The molecule has 1 atom stereocenters. The summed E-state index contributed by atoms with van der Waals surface area (Å²) in [5, 5.41) is 6.32. The molecular weight excluding hydrogens is 397 g/mol. The lowest BCUT2D eigenvalue weighted by Crippen LogP contribution is -2.21. The van der Waals surface area contributed by atoms with Crippen molar-refractivity contribution in [2.45, 2.75) is 13.0 Å². The maximum atomic E-state index is 6.18. The van der Waals surface area contributed by atoms with Gasteiger partial charge in [-0.15, -0.1) is 11.3 Å². The van der Waals surface area contributed by atoms with E-state index in [-0.39, 0.29) is 6.04 Å². The molecule has 1 aromatic heterocycles. The third-order valence-corrected chi connectivity index (χ3v) is 5.76. The standard InChI is InChI=1S/C13H12Br2ClNS/c1-2-17-12(13-10(15)5-6-18-13)8-3-4-9(14)11(16)7-8/h3-7,12,17H,2H2,1H3. The molecule has 18 heavy (non-hydrogen) atoms. The van der Waals surface area contributed by atoms with Crippen molar-refractivity contribution in [2.75, 3.05) is 6.54 Å². The van der Waals surface area contributed by atoms with Gasteiger partial charge in [0.15, 0.2) is 0 Å². The van der Waals surface area contributed by atoms with Gasteiger partial charge in [-0.3, -0.25) is 0 Å². The first-order valence-corrected chi connectivity index (χ1v) is 8.39. The summed E-state index contributed by atoms with van der Waals surface area (Å²) in [6.45, 7) is 3.01. The zero-order valence-electron chi connectivity index (χ0n) is 9.71. The molecule has 1 aromatic carbocycles. The zero-order chi connectivity index (χ0) is 13.1. The van der Waals surface area contributed by atoms with E-state index in [1.165, 1.54) is 10.4 Å². The lowest BCUT2D eigenvalue weighted by atomic mass is 10.1. The molecule has 0 aliphatic rings. The van der Waals surface area contributed by atoms with E-state index in [9.17, 15) is 0 Å². The molecule has 0 radical (unpaired) electrons. The Morgan fingerprint density at radius 2 is 2.06 bits per heavy atom. The Morgan fingerprint density at radius 1 is 1.28 bits per heavy atom. The van der Waals surface area contributed by atoms with Gasteiger partial charge in [-0.2, -0.15) is 0 Å². The number of nitrogens with one attached hydrogen (secondary N) is 1. The predicted octanol–water partition coefficient (Wildman–Crippen LogP) is 5.63. The van der Waals surface area contributed by atoms with Crippen LogP contribution >= 0.6 is 54.8 Å². The Hall–Kier alpha value is 0.130. The average molecular weight is 410 g/mol. The monoisotopic (exact) mass is 407 g/mol. The average Bonchev–Trinajstić information content (AvgIpc) is 2.76. The van der Waals surface area contributed by atoms with Gasteiger partial charge < -0.3 is 5.32 Å². The second kappa shape index (κ2) is 6.53. The molecule has 0 saturated carbocycles. The van der Waals surface area contributed by atoms with Crippen LogP contribution in [0.3, 0.4) is 0 Å². The van der Waals surface area contributed by atoms with Crippen LogP contribution < -0.4 is 5.32 Å². The van der Waals surface area contributed by atoms with Crippen LogP contribution in [0, 0.1) is 0 Å². The molecule has 0 saturated heterocycles. The molecule has 1 unspecified atom stereocenters. The van der Waals surface area contributed by atoms with Crippen molar-refractivity contribution in [3.63, 3.8) is 0 Å². The molecule has 2 aromatic rings. The van der Waals surface area contributed by atoms with Crippen LogP contribution in [0.4, 0.5) is 0 Å². The maximum Gasteiger partial charge on any atom is 0.0682 e. The van der Waals surface area contributed by atoms with Gasteiger partial charge in [-0.1, -0.05) is 24.6 Å². The van der Waals surface area contributed by atoms with Gasteiger partial charge in [0.2, 0.25) is 0 Å². The smallest absolute Gasteiger partial charge is 0.0682 e. The van der Waals surface area contributed by atoms with Crippen molar-refractivity contribution < 1.29 is 0 Å². The fourth-order valence-corrected chi connectivity index (χ4v) is 3.91. The highest BCUT2D eigenvalue weighted by atomic mass is 79.9. The van der Waals surface area contributed by atoms with E-state index in [1.54, 1.807) is 11.3 Å². The van der Waals surface area contributed by atoms with Gasteiger partial charge in [-0.25, -0.2) is 0 Å². The highest BCUT2D eigenvalue weighted by Gasteiger charge is 2.17. The molecular formula is C13H12Br2ClNS. The SMILES string of the molecule is CCNC(c1ccc(Br)c(Cl)c1)c1sccc1Br. The summed E-state index contributed by atoms with van der Waals surface area (Å²) < 4.78 is 2.06. The van der Waals surface area contributed by atoms with Gasteiger partial charge in [0.25, 0.3) is 0 Å². The highest BCUT2D eigenvalue weighted by molar-refractivity contribution is 9.10. The van der Waals surface area contributed by atoms with E-state index < -0.39 is 0 Å². The first-order chi connectivity index (χ1) is 8.63. The normalized spacial score (nSPS) is 12.7. The molecule has 1 heterocycles. The lowest BCUT2D eigenvalue weighted by molar-refractivity contribution is 0.638. The number of benzene rings is 1. The molecule has 5 heteroatoms. The molecule has 0 fully saturated rings. The van der Waals surface area contributed by atoms with E-state index in [2.05, 4.69) is 61.6 Å². The molecule has 2 rings (SSSR count). The van der Waals surface area contributed by atoms with E-state index in [0.29, 0.717) is 0 Å². The van der Waals surface area contributed by atoms with Crippen LogP contribution in [0.1, 0.15) is 23.4 Å². The molecule has 1 N–H and O–H groups in total. The van der Waals surface area contributed by atoms with Crippen molar-refractivity contribution >= 4 is 54.8 Å². The molecule has 0 aliphatic heterocycles. The van der Waals surface area contributed by atoms with Gasteiger partial charge in [0.1, 0.15) is 0 Å². The number of halogens is 3. The van der Waals surface area contributed by atoms with Gasteiger partial charge in [0.05, 0.1) is 11.1 Å². The first-order valence-electron chi connectivity index (χ1n) is 5.54. The van der Waals surface area contributed by atoms with Crippen LogP contribution in [0.2, 0.25) is 5.02 Å². The lowest BCUT2D eigenvalue weighted by Gasteiger charge is -2.18. The third kappa shape index (κ3) is 3.17. The largest absolute Gasteiger partial charge is 0.306 e. The van der Waals surface area contributed by atoms with Crippen LogP contribution in [-0.4, -0.2) is 6.54 Å². The summed E-state index contributed by atoms with van der Waals surface area (Å²) in [5.74, 6) is 0. The minimum atomic E-state index is 0.176. The number of rotatable bonds is 4.